The van der Waals surface area contributed by atoms with Crippen LogP contribution in [0.4, 0.5) is 19.0 Å². The van der Waals surface area contributed by atoms with Gasteiger partial charge in [-0.15, -0.1) is 0 Å². The first-order chi connectivity index (χ1) is 11.4. The van der Waals surface area contributed by atoms with E-state index < -0.39 is 18.5 Å². The largest absolute Gasteiger partial charge is 0.397 e. The van der Waals surface area contributed by atoms with E-state index in [-0.39, 0.29) is 12.1 Å². The summed E-state index contributed by atoms with van der Waals surface area (Å²) in [6, 6.07) is 1.50. The van der Waals surface area contributed by atoms with Crippen LogP contribution in [0.3, 0.4) is 0 Å². The van der Waals surface area contributed by atoms with Crippen LogP contribution in [0, 0.1) is 0 Å². The van der Waals surface area contributed by atoms with E-state index in [4.69, 9.17) is 0 Å². The molecule has 2 bridgehead atoms. The molecule has 6 nitrogen and oxygen atoms in total. The SMILES string of the molecule is O=C(CC(F)(F)F)N1[C@@H]2CC[C@H]1CN(c1ncnc3[nH]ccc13)C2. The van der Waals surface area contributed by atoms with Crippen LogP contribution in [0.1, 0.15) is 19.3 Å². The standard InChI is InChI=1S/C15H16F3N5O/c16-15(17,18)5-12(24)23-9-1-2-10(23)7-22(6-9)14-11-3-4-19-13(11)20-8-21-14/h3-4,8-10H,1-2,5-7H2,(H,19,20,21)/t9-,10+. The van der Waals surface area contributed by atoms with Crippen LogP contribution in [-0.4, -0.2) is 57.1 Å². The molecule has 128 valence electrons. The van der Waals surface area contributed by atoms with Crippen LogP contribution in [-0.2, 0) is 4.79 Å². The molecule has 0 radical (unpaired) electrons. The zero-order chi connectivity index (χ0) is 16.9. The Kier molecular flexibility index (Phi) is 3.40. The van der Waals surface area contributed by atoms with E-state index >= 15 is 0 Å². The van der Waals surface area contributed by atoms with Crippen LogP contribution in [0.5, 0.6) is 0 Å². The molecular weight excluding hydrogens is 323 g/mol. The average molecular weight is 339 g/mol. The lowest BCUT2D eigenvalue weighted by atomic mass is 10.1. The number of carbonyl (C=O) groups is 1. The Bertz CT molecular complexity index is 760. The van der Waals surface area contributed by atoms with Gasteiger partial charge in [0.25, 0.3) is 0 Å². The van der Waals surface area contributed by atoms with Crippen molar-refractivity contribution in [3.8, 4) is 0 Å². The van der Waals surface area contributed by atoms with E-state index in [1.54, 1.807) is 6.20 Å². The highest BCUT2D eigenvalue weighted by atomic mass is 19.4. The summed E-state index contributed by atoms with van der Waals surface area (Å²) >= 11 is 0. The van der Waals surface area contributed by atoms with Crippen molar-refractivity contribution in [1.29, 1.82) is 0 Å². The normalized spacial score (nSPS) is 24.0. The lowest BCUT2D eigenvalue weighted by Crippen LogP contribution is -2.56. The Morgan fingerprint density at radius 1 is 1.25 bits per heavy atom. The van der Waals surface area contributed by atoms with E-state index in [0.29, 0.717) is 13.1 Å². The number of amides is 1. The van der Waals surface area contributed by atoms with Gasteiger partial charge in [0, 0.05) is 31.4 Å². The van der Waals surface area contributed by atoms with Crippen LogP contribution >= 0.6 is 0 Å². The second-order valence-corrected chi connectivity index (χ2v) is 6.32. The number of rotatable bonds is 2. The van der Waals surface area contributed by atoms with Crippen molar-refractivity contribution in [1.82, 2.24) is 19.9 Å². The third-order valence-corrected chi connectivity index (χ3v) is 4.75. The van der Waals surface area contributed by atoms with Gasteiger partial charge in [-0.05, 0) is 18.9 Å². The average Bonchev–Trinajstić information content (AvgIpc) is 3.07. The molecule has 2 aromatic heterocycles. The summed E-state index contributed by atoms with van der Waals surface area (Å²) in [5, 5.41) is 0.881. The van der Waals surface area contributed by atoms with Gasteiger partial charge in [0.15, 0.2) is 0 Å². The molecule has 0 aromatic carbocycles. The van der Waals surface area contributed by atoms with E-state index in [2.05, 4.69) is 19.9 Å². The molecule has 2 atom stereocenters. The molecule has 2 aliphatic heterocycles. The minimum atomic E-state index is -4.46. The van der Waals surface area contributed by atoms with Crippen LogP contribution in [0.15, 0.2) is 18.6 Å². The maximum atomic E-state index is 12.5. The van der Waals surface area contributed by atoms with Gasteiger partial charge in [-0.25, -0.2) is 9.97 Å². The van der Waals surface area contributed by atoms with Crippen molar-refractivity contribution in [2.45, 2.75) is 37.5 Å². The van der Waals surface area contributed by atoms with Gasteiger partial charge in [0.1, 0.15) is 24.2 Å². The number of halogens is 3. The highest BCUT2D eigenvalue weighted by Gasteiger charge is 2.45. The van der Waals surface area contributed by atoms with Gasteiger partial charge in [-0.3, -0.25) is 4.79 Å². The second kappa shape index (κ2) is 5.35. The molecule has 0 spiro atoms. The topological polar surface area (TPSA) is 65.1 Å². The van der Waals surface area contributed by atoms with Crippen LogP contribution in [0.25, 0.3) is 11.0 Å². The quantitative estimate of drug-likeness (QED) is 0.910. The van der Waals surface area contributed by atoms with Gasteiger partial charge in [0.05, 0.1) is 5.39 Å². The summed E-state index contributed by atoms with van der Waals surface area (Å²) in [6.45, 7) is 0.995. The molecule has 4 rings (SSSR count). The molecule has 0 saturated carbocycles. The summed E-state index contributed by atoms with van der Waals surface area (Å²) < 4.78 is 37.6. The number of nitrogens with zero attached hydrogens (tertiary/aromatic N) is 4. The number of aromatic amines is 1. The molecule has 1 N–H and O–H groups in total. The van der Waals surface area contributed by atoms with E-state index in [1.165, 1.54) is 11.2 Å². The van der Waals surface area contributed by atoms with Crippen molar-refractivity contribution >= 4 is 22.8 Å². The molecule has 0 aliphatic carbocycles. The summed E-state index contributed by atoms with van der Waals surface area (Å²) in [6.07, 6.45) is -1.14. The summed E-state index contributed by atoms with van der Waals surface area (Å²) in [4.78, 5) is 27.1. The van der Waals surface area contributed by atoms with E-state index in [1.807, 2.05) is 6.07 Å². The molecule has 2 aromatic rings. The van der Waals surface area contributed by atoms with Gasteiger partial charge < -0.3 is 14.8 Å². The minimum absolute atomic E-state index is 0.192. The zero-order valence-corrected chi connectivity index (χ0v) is 12.8. The maximum absolute atomic E-state index is 12.5. The van der Waals surface area contributed by atoms with Crippen molar-refractivity contribution in [2.24, 2.45) is 0 Å². The summed E-state index contributed by atoms with van der Waals surface area (Å²) in [5.41, 5.74) is 0.725. The lowest BCUT2D eigenvalue weighted by Gasteiger charge is -2.41. The number of hydrogen-bond donors (Lipinski definition) is 1. The van der Waals surface area contributed by atoms with Gasteiger partial charge in [-0.1, -0.05) is 0 Å². The molecule has 1 amide bonds. The number of fused-ring (bicyclic) bond motifs is 3. The Labute approximate surface area is 135 Å². The summed E-state index contributed by atoms with van der Waals surface area (Å²) in [7, 11) is 0. The molecule has 4 heterocycles. The molecule has 24 heavy (non-hydrogen) atoms. The number of alkyl halides is 3. The number of carbonyl (C=O) groups excluding carboxylic acids is 1. The first kappa shape index (κ1) is 15.2. The van der Waals surface area contributed by atoms with E-state index in [9.17, 15) is 18.0 Å². The molecular formula is C15H16F3N5O. The highest BCUT2D eigenvalue weighted by Crippen LogP contribution is 2.35. The number of hydrogen-bond acceptors (Lipinski definition) is 4. The predicted octanol–water partition coefficient (Wildman–Crippen LogP) is 2.09. The Morgan fingerprint density at radius 2 is 1.96 bits per heavy atom. The molecule has 2 aliphatic rings. The number of nitrogens with one attached hydrogen (secondary N) is 1. The number of H-pyrrole nitrogens is 1. The van der Waals surface area contributed by atoms with Gasteiger partial charge in [0.2, 0.25) is 5.91 Å². The third-order valence-electron chi connectivity index (χ3n) is 4.75. The number of anilines is 1. The van der Waals surface area contributed by atoms with E-state index in [0.717, 1.165) is 29.7 Å². The molecule has 2 saturated heterocycles. The Balaban J connectivity index is 1.56. The second-order valence-electron chi connectivity index (χ2n) is 6.32. The fraction of sp³-hybridized carbons (Fsp3) is 0.533. The fourth-order valence-corrected chi connectivity index (χ4v) is 3.86. The molecule has 0 unspecified atom stereocenters. The fourth-order valence-electron chi connectivity index (χ4n) is 3.86. The minimum Gasteiger partial charge on any atom is -0.352 e. The van der Waals surface area contributed by atoms with Crippen molar-refractivity contribution in [3.05, 3.63) is 18.6 Å². The molecule has 9 heteroatoms. The van der Waals surface area contributed by atoms with Gasteiger partial charge >= 0.3 is 6.18 Å². The summed E-state index contributed by atoms with van der Waals surface area (Å²) in [5.74, 6) is -0.0507. The molecule has 2 fully saturated rings. The van der Waals surface area contributed by atoms with Crippen LogP contribution in [0.2, 0.25) is 0 Å². The van der Waals surface area contributed by atoms with Crippen molar-refractivity contribution in [2.75, 3.05) is 18.0 Å². The number of piperazine rings is 1. The lowest BCUT2D eigenvalue weighted by molar-refractivity contribution is -0.163. The van der Waals surface area contributed by atoms with Crippen LogP contribution < -0.4 is 4.90 Å². The van der Waals surface area contributed by atoms with Crippen molar-refractivity contribution in [3.63, 3.8) is 0 Å². The first-order valence-corrected chi connectivity index (χ1v) is 7.83. The van der Waals surface area contributed by atoms with Gasteiger partial charge in [-0.2, -0.15) is 13.2 Å². The third kappa shape index (κ3) is 2.57. The highest BCUT2D eigenvalue weighted by molar-refractivity contribution is 5.87. The Hall–Kier alpha value is -2.32. The number of aromatic nitrogens is 3. The zero-order valence-electron chi connectivity index (χ0n) is 12.8. The Morgan fingerprint density at radius 3 is 2.62 bits per heavy atom. The predicted molar refractivity (Wildman–Crippen MR) is 80.4 cm³/mol. The smallest absolute Gasteiger partial charge is 0.352 e. The first-order valence-electron chi connectivity index (χ1n) is 7.83. The maximum Gasteiger partial charge on any atom is 0.397 e. The monoisotopic (exact) mass is 339 g/mol. The van der Waals surface area contributed by atoms with Crippen molar-refractivity contribution < 1.29 is 18.0 Å².